The van der Waals surface area contributed by atoms with Gasteiger partial charge in [-0.1, -0.05) is 59.0 Å². The van der Waals surface area contributed by atoms with Crippen LogP contribution in [0.3, 0.4) is 0 Å². The van der Waals surface area contributed by atoms with Crippen molar-refractivity contribution in [2.24, 2.45) is 5.73 Å². The van der Waals surface area contributed by atoms with E-state index in [-0.39, 0.29) is 0 Å². The van der Waals surface area contributed by atoms with Gasteiger partial charge in [0.05, 0.1) is 5.52 Å². The zero-order valence-electron chi connectivity index (χ0n) is 15.1. The average Bonchev–Trinajstić information content (AvgIpc) is 3.14. The van der Waals surface area contributed by atoms with Crippen LogP contribution in [0.2, 0.25) is 0 Å². The number of halogens is 1. The summed E-state index contributed by atoms with van der Waals surface area (Å²) in [6.45, 7) is 2.27. The monoisotopic (exact) mass is 473 g/mol. The maximum atomic E-state index is 5.87. The van der Waals surface area contributed by atoms with E-state index in [0.29, 0.717) is 24.1 Å². The summed E-state index contributed by atoms with van der Waals surface area (Å²) in [5, 5.41) is 11.0. The van der Waals surface area contributed by atoms with E-state index in [2.05, 4.69) is 43.1 Å². The normalized spacial score (nSPS) is 10.4. The van der Waals surface area contributed by atoms with Crippen LogP contribution < -0.4 is 11.1 Å². The van der Waals surface area contributed by atoms with Crippen molar-refractivity contribution in [3.63, 3.8) is 0 Å². The van der Waals surface area contributed by atoms with E-state index in [1.165, 1.54) is 0 Å². The van der Waals surface area contributed by atoms with Crippen molar-refractivity contribution in [1.29, 1.82) is 0 Å². The van der Waals surface area contributed by atoms with Crippen molar-refractivity contribution >= 4 is 45.3 Å². The van der Waals surface area contributed by atoms with Crippen molar-refractivity contribution in [2.45, 2.75) is 13.5 Å². The van der Waals surface area contributed by atoms with E-state index in [1.807, 2.05) is 60.4 Å². The quantitative estimate of drug-likeness (QED) is 0.306. The second-order valence-electron chi connectivity index (χ2n) is 5.64. The number of anilines is 2. The lowest BCUT2D eigenvalue weighted by atomic mass is 10.1. The smallest absolute Gasteiger partial charge is 0.247 e. The maximum absolute atomic E-state index is 5.87. The first-order valence-corrected chi connectivity index (χ1v) is 10.5. The highest BCUT2D eigenvalue weighted by Gasteiger charge is 2.13. The molecule has 8 heteroatoms. The number of H-pyrrole nitrogens is 1. The molecule has 0 bridgehead atoms. The minimum absolute atomic E-state index is 0.426. The van der Waals surface area contributed by atoms with E-state index in [9.17, 15) is 0 Å². The zero-order chi connectivity index (χ0) is 19.2. The van der Waals surface area contributed by atoms with Gasteiger partial charge in [-0.05, 0) is 29.6 Å². The molecule has 0 aliphatic heterocycles. The van der Waals surface area contributed by atoms with E-state index in [4.69, 9.17) is 15.7 Å². The molecule has 0 saturated carbocycles. The number of benzene rings is 2. The molecule has 0 aliphatic rings. The highest BCUT2D eigenvalue weighted by atomic mass is 127. The van der Waals surface area contributed by atoms with E-state index in [0.717, 1.165) is 27.9 Å². The lowest BCUT2D eigenvalue weighted by Gasteiger charge is -2.11. The summed E-state index contributed by atoms with van der Waals surface area (Å²) < 4.78 is 0. The second-order valence-corrected chi connectivity index (χ2v) is 5.64. The van der Waals surface area contributed by atoms with Crippen LogP contribution in [0.15, 0.2) is 48.5 Å². The van der Waals surface area contributed by atoms with Gasteiger partial charge >= 0.3 is 0 Å². The van der Waals surface area contributed by atoms with Gasteiger partial charge in [-0.25, -0.2) is 9.97 Å². The zero-order valence-corrected chi connectivity index (χ0v) is 17.2. The van der Waals surface area contributed by atoms with Gasteiger partial charge in [-0.3, -0.25) is 5.10 Å². The molecule has 7 nitrogen and oxygen atoms in total. The third-order valence-electron chi connectivity index (χ3n) is 3.91. The van der Waals surface area contributed by atoms with Crippen molar-refractivity contribution in [2.75, 3.05) is 10.2 Å². The van der Waals surface area contributed by atoms with Crippen LogP contribution in [0.1, 0.15) is 11.4 Å². The molecule has 138 valence electrons. The Bertz CT molecular complexity index is 1050. The number of fused-ring (bicyclic) bond motifs is 1. The standard InChI is InChI=1S/C18H17N7.CH3I/c1-11-20-18(25-24-11)23-17-14-8-4-5-9-15(14)21-16(22-17)13-7-3-2-6-12(13)10-19;1-2/h2-9H,10,19H2,1H3,(H2,20,21,22,23,24,25);1H3. The molecule has 0 amide bonds. The number of alkyl halides is 1. The van der Waals surface area contributed by atoms with E-state index in [1.54, 1.807) is 0 Å². The van der Waals surface area contributed by atoms with Crippen LogP contribution in [0, 0.1) is 6.92 Å². The summed E-state index contributed by atoms with van der Waals surface area (Å²) in [6.07, 6.45) is 0. The fraction of sp³-hybridized carbons (Fsp3) is 0.158. The Labute approximate surface area is 171 Å². The Morgan fingerprint density at radius 3 is 2.48 bits per heavy atom. The van der Waals surface area contributed by atoms with Gasteiger partial charge in [-0.2, -0.15) is 4.98 Å². The number of hydrogen-bond donors (Lipinski definition) is 3. The molecule has 0 atom stereocenters. The lowest BCUT2D eigenvalue weighted by Crippen LogP contribution is -2.03. The molecule has 2 aromatic heterocycles. The highest BCUT2D eigenvalue weighted by Crippen LogP contribution is 2.27. The van der Waals surface area contributed by atoms with Crippen molar-refractivity contribution < 1.29 is 0 Å². The van der Waals surface area contributed by atoms with Gasteiger partial charge in [0.25, 0.3) is 0 Å². The first-order valence-electron chi connectivity index (χ1n) is 8.33. The fourth-order valence-corrected chi connectivity index (χ4v) is 2.71. The van der Waals surface area contributed by atoms with Crippen LogP contribution in [0.5, 0.6) is 0 Å². The minimum atomic E-state index is 0.426. The van der Waals surface area contributed by atoms with Crippen LogP contribution in [-0.2, 0) is 6.54 Å². The van der Waals surface area contributed by atoms with Crippen LogP contribution in [-0.4, -0.2) is 30.1 Å². The third kappa shape index (κ3) is 4.22. The molecule has 27 heavy (non-hydrogen) atoms. The molecular formula is C19H20IN7. The average molecular weight is 473 g/mol. The number of rotatable bonds is 4. The number of nitrogens with zero attached hydrogens (tertiary/aromatic N) is 4. The summed E-state index contributed by atoms with van der Waals surface area (Å²) in [6, 6.07) is 15.7. The molecule has 0 spiro atoms. The van der Waals surface area contributed by atoms with Crippen molar-refractivity contribution in [3.05, 3.63) is 59.9 Å². The minimum Gasteiger partial charge on any atom is -0.326 e. The molecule has 0 saturated heterocycles. The van der Waals surface area contributed by atoms with Gasteiger partial charge in [0, 0.05) is 17.5 Å². The van der Waals surface area contributed by atoms with Gasteiger partial charge < -0.3 is 11.1 Å². The number of aryl methyl sites for hydroxylation is 1. The predicted octanol–water partition coefficient (Wildman–Crippen LogP) is 3.98. The summed E-state index contributed by atoms with van der Waals surface area (Å²) in [7, 11) is 0. The molecule has 2 aromatic carbocycles. The number of aromatic amines is 1. The van der Waals surface area contributed by atoms with Gasteiger partial charge in [0.2, 0.25) is 5.95 Å². The first kappa shape index (κ1) is 19.2. The molecule has 2 heterocycles. The first-order chi connectivity index (χ1) is 13.2. The van der Waals surface area contributed by atoms with Crippen LogP contribution in [0.4, 0.5) is 11.8 Å². The fourth-order valence-electron chi connectivity index (χ4n) is 2.71. The summed E-state index contributed by atoms with van der Waals surface area (Å²) >= 11 is 2.15. The summed E-state index contributed by atoms with van der Waals surface area (Å²) in [4.78, 5) is 15.7. The van der Waals surface area contributed by atoms with E-state index < -0.39 is 0 Å². The topological polar surface area (TPSA) is 105 Å². The Morgan fingerprint density at radius 1 is 1.00 bits per heavy atom. The number of nitrogens with two attached hydrogens (primary N) is 1. The van der Waals surface area contributed by atoms with Crippen molar-refractivity contribution in [3.8, 4) is 11.4 Å². The molecule has 0 unspecified atom stereocenters. The molecule has 4 N–H and O–H groups in total. The van der Waals surface area contributed by atoms with Gasteiger partial charge in [-0.15, -0.1) is 5.10 Å². The Balaban J connectivity index is 0.00000102. The maximum Gasteiger partial charge on any atom is 0.247 e. The van der Waals surface area contributed by atoms with Crippen LogP contribution in [0.25, 0.3) is 22.3 Å². The molecule has 0 aliphatic carbocycles. The molecule has 4 rings (SSSR count). The predicted molar refractivity (Wildman–Crippen MR) is 117 cm³/mol. The van der Waals surface area contributed by atoms with Crippen molar-refractivity contribution in [1.82, 2.24) is 25.1 Å². The Morgan fingerprint density at radius 2 is 1.74 bits per heavy atom. The summed E-state index contributed by atoms with van der Waals surface area (Å²) in [5.74, 6) is 2.48. The number of nitrogens with one attached hydrogen (secondary N) is 2. The largest absolute Gasteiger partial charge is 0.326 e. The molecule has 0 radical (unpaired) electrons. The number of hydrogen-bond acceptors (Lipinski definition) is 6. The van der Waals surface area contributed by atoms with Gasteiger partial charge in [0.1, 0.15) is 11.6 Å². The highest BCUT2D eigenvalue weighted by molar-refractivity contribution is 14.1. The lowest BCUT2D eigenvalue weighted by molar-refractivity contribution is 1.04. The summed E-state index contributed by atoms with van der Waals surface area (Å²) in [5.41, 5.74) is 8.63. The third-order valence-corrected chi connectivity index (χ3v) is 3.91. The second kappa shape index (κ2) is 8.87. The Kier molecular flexibility index (Phi) is 6.30. The number of para-hydroxylation sites is 1. The van der Waals surface area contributed by atoms with Gasteiger partial charge in [0.15, 0.2) is 5.82 Å². The molecule has 0 fully saturated rings. The van der Waals surface area contributed by atoms with Crippen LogP contribution >= 0.6 is 22.6 Å². The Hall–Kier alpha value is -2.59. The number of aromatic nitrogens is 5. The van der Waals surface area contributed by atoms with E-state index >= 15 is 0 Å². The molecular weight excluding hydrogens is 453 g/mol. The molecule has 4 aromatic rings. The SMILES string of the molecule is CI.Cc1nc(Nc2nc(-c3ccccc3CN)nc3ccccc23)n[nH]1.